The smallest absolute Gasteiger partial charge is 0.107 e. The third-order valence-electron chi connectivity index (χ3n) is 4.81. The lowest BCUT2D eigenvalue weighted by atomic mass is 10.1. The van der Waals surface area contributed by atoms with Gasteiger partial charge in [-0.1, -0.05) is 0 Å². The normalized spacial score (nSPS) is 24.5. The van der Waals surface area contributed by atoms with Gasteiger partial charge in [0.2, 0.25) is 0 Å². The number of aromatic nitrogens is 1. The van der Waals surface area contributed by atoms with Gasteiger partial charge in [0.1, 0.15) is 5.01 Å². The molecule has 5 heteroatoms. The minimum absolute atomic E-state index is 0.641. The number of fused-ring (bicyclic) bond motifs is 1. The highest BCUT2D eigenvalue weighted by molar-refractivity contribution is 7.11. The van der Waals surface area contributed by atoms with Crippen molar-refractivity contribution in [2.75, 3.05) is 26.7 Å². The van der Waals surface area contributed by atoms with E-state index in [2.05, 4.69) is 36.0 Å². The van der Waals surface area contributed by atoms with Crippen molar-refractivity contribution in [3.8, 4) is 0 Å². The topological polar surface area (TPSA) is 31.4 Å². The molecule has 0 spiro atoms. The van der Waals surface area contributed by atoms with Gasteiger partial charge in [-0.25, -0.2) is 4.98 Å². The Morgan fingerprint density at radius 3 is 3.00 bits per heavy atom. The van der Waals surface area contributed by atoms with Crippen molar-refractivity contribution < 1.29 is 0 Å². The van der Waals surface area contributed by atoms with Crippen molar-refractivity contribution in [1.29, 1.82) is 0 Å². The monoisotopic (exact) mass is 308 g/mol. The van der Waals surface area contributed by atoms with Crippen LogP contribution in [0, 0.1) is 0 Å². The van der Waals surface area contributed by atoms with Crippen LogP contribution < -0.4 is 5.32 Å². The third-order valence-corrected chi connectivity index (χ3v) is 5.88. The van der Waals surface area contributed by atoms with Gasteiger partial charge in [0.25, 0.3) is 0 Å². The number of nitrogens with one attached hydrogen (secondary N) is 1. The molecule has 1 atom stereocenters. The number of nitrogens with zero attached hydrogens (tertiary/aromatic N) is 3. The Morgan fingerprint density at radius 1 is 1.38 bits per heavy atom. The lowest BCUT2D eigenvalue weighted by molar-refractivity contribution is 0.187. The molecule has 1 fully saturated rings. The van der Waals surface area contributed by atoms with E-state index in [0.717, 1.165) is 19.5 Å². The second-order valence-corrected chi connectivity index (χ2v) is 7.82. The molecule has 2 aliphatic heterocycles. The van der Waals surface area contributed by atoms with Crippen LogP contribution in [0.15, 0.2) is 0 Å². The fraction of sp³-hybridized carbons (Fsp3) is 0.812. The van der Waals surface area contributed by atoms with E-state index < -0.39 is 0 Å². The molecule has 2 aliphatic rings. The van der Waals surface area contributed by atoms with E-state index in [1.807, 2.05) is 11.3 Å². The molecule has 4 nitrogen and oxygen atoms in total. The fourth-order valence-corrected chi connectivity index (χ4v) is 4.59. The van der Waals surface area contributed by atoms with Crippen LogP contribution >= 0.6 is 11.3 Å². The molecule has 1 aromatic heterocycles. The molecular formula is C16H28N4S. The number of likely N-dealkylation sites (tertiary alicyclic amines) is 1. The zero-order chi connectivity index (χ0) is 14.8. The minimum atomic E-state index is 0.641. The molecule has 0 saturated carbocycles. The van der Waals surface area contributed by atoms with Gasteiger partial charge < -0.3 is 5.32 Å². The zero-order valence-electron chi connectivity index (χ0n) is 13.6. The van der Waals surface area contributed by atoms with Crippen molar-refractivity contribution in [3.63, 3.8) is 0 Å². The lowest BCUT2D eigenvalue weighted by Gasteiger charge is -2.31. The highest BCUT2D eigenvalue weighted by Crippen LogP contribution is 2.27. The average molecular weight is 308 g/mol. The molecule has 1 saturated heterocycles. The van der Waals surface area contributed by atoms with Crippen LogP contribution in [0.4, 0.5) is 0 Å². The van der Waals surface area contributed by atoms with E-state index in [1.165, 1.54) is 48.1 Å². The largest absolute Gasteiger partial charge is 0.316 e. The van der Waals surface area contributed by atoms with Gasteiger partial charge in [0, 0.05) is 43.0 Å². The van der Waals surface area contributed by atoms with E-state index in [-0.39, 0.29) is 0 Å². The quantitative estimate of drug-likeness (QED) is 0.923. The first-order chi connectivity index (χ1) is 10.2. The predicted octanol–water partition coefficient (Wildman–Crippen LogP) is 2.09. The molecule has 3 rings (SSSR count). The van der Waals surface area contributed by atoms with Crippen LogP contribution in [-0.4, -0.2) is 53.5 Å². The third kappa shape index (κ3) is 3.65. The Bertz CT molecular complexity index is 471. The number of hydrogen-bond acceptors (Lipinski definition) is 5. The summed E-state index contributed by atoms with van der Waals surface area (Å²) in [5.74, 6) is 0. The van der Waals surface area contributed by atoms with Crippen LogP contribution in [0.2, 0.25) is 0 Å². The summed E-state index contributed by atoms with van der Waals surface area (Å²) in [7, 11) is 2.08. The fourth-order valence-electron chi connectivity index (χ4n) is 3.40. The molecular weight excluding hydrogens is 280 g/mol. The zero-order valence-corrected chi connectivity index (χ0v) is 14.4. The number of rotatable bonds is 4. The van der Waals surface area contributed by atoms with Gasteiger partial charge in [-0.15, -0.1) is 11.3 Å². The molecule has 0 aliphatic carbocycles. The van der Waals surface area contributed by atoms with Crippen molar-refractivity contribution in [2.24, 2.45) is 0 Å². The van der Waals surface area contributed by atoms with E-state index in [9.17, 15) is 0 Å². The Balaban J connectivity index is 1.63. The maximum Gasteiger partial charge on any atom is 0.107 e. The highest BCUT2D eigenvalue weighted by atomic mass is 32.1. The standard InChI is InChI=1S/C16H28N4S/c1-12(2)20-8-6-14-15(10-20)21-16(18-14)11-19-7-4-5-13(9-19)17-3/h12-13,17H,4-11H2,1-3H3. The first-order valence-electron chi connectivity index (χ1n) is 8.27. The molecule has 21 heavy (non-hydrogen) atoms. The van der Waals surface area contributed by atoms with E-state index in [1.54, 1.807) is 0 Å². The first-order valence-corrected chi connectivity index (χ1v) is 9.08. The molecule has 0 aromatic carbocycles. The Labute approximate surface area is 132 Å². The van der Waals surface area contributed by atoms with Crippen LogP contribution in [0.5, 0.6) is 0 Å². The molecule has 118 valence electrons. The SMILES string of the molecule is CNC1CCCN(Cc2nc3c(s2)CN(C(C)C)CC3)C1. The van der Waals surface area contributed by atoms with Crippen LogP contribution in [0.3, 0.4) is 0 Å². The summed E-state index contributed by atoms with van der Waals surface area (Å²) >= 11 is 1.94. The molecule has 1 aromatic rings. The average Bonchev–Trinajstić information content (AvgIpc) is 2.88. The predicted molar refractivity (Wildman–Crippen MR) is 88.7 cm³/mol. The van der Waals surface area contributed by atoms with Gasteiger partial charge in [-0.05, 0) is 40.3 Å². The second kappa shape index (κ2) is 6.73. The number of likely N-dealkylation sites (N-methyl/N-ethyl adjacent to an activating group) is 1. The van der Waals surface area contributed by atoms with Crippen molar-refractivity contribution >= 4 is 11.3 Å². The number of thiazole rings is 1. The lowest BCUT2D eigenvalue weighted by Crippen LogP contribution is -2.43. The molecule has 1 unspecified atom stereocenters. The summed E-state index contributed by atoms with van der Waals surface area (Å²) in [6.07, 6.45) is 3.74. The Kier molecular flexibility index (Phi) is 4.94. The molecule has 3 heterocycles. The first kappa shape index (κ1) is 15.4. The molecule has 0 bridgehead atoms. The van der Waals surface area contributed by atoms with Crippen LogP contribution in [0.25, 0.3) is 0 Å². The van der Waals surface area contributed by atoms with E-state index >= 15 is 0 Å². The van der Waals surface area contributed by atoms with Crippen LogP contribution in [-0.2, 0) is 19.5 Å². The van der Waals surface area contributed by atoms with Crippen molar-refractivity contribution in [3.05, 3.63) is 15.6 Å². The minimum Gasteiger partial charge on any atom is -0.316 e. The summed E-state index contributed by atoms with van der Waals surface area (Å²) in [6, 6.07) is 1.30. The number of piperidine rings is 1. The summed E-state index contributed by atoms with van der Waals surface area (Å²) in [5.41, 5.74) is 1.37. The van der Waals surface area contributed by atoms with E-state index in [0.29, 0.717) is 12.1 Å². The summed E-state index contributed by atoms with van der Waals surface area (Å²) in [5, 5.41) is 4.74. The maximum absolute atomic E-state index is 4.92. The molecule has 0 radical (unpaired) electrons. The van der Waals surface area contributed by atoms with E-state index in [4.69, 9.17) is 4.98 Å². The Morgan fingerprint density at radius 2 is 2.24 bits per heavy atom. The maximum atomic E-state index is 4.92. The summed E-state index contributed by atoms with van der Waals surface area (Å²) < 4.78 is 0. The van der Waals surface area contributed by atoms with Crippen molar-refractivity contribution in [2.45, 2.75) is 58.3 Å². The molecule has 1 N–H and O–H groups in total. The van der Waals surface area contributed by atoms with Gasteiger partial charge >= 0.3 is 0 Å². The van der Waals surface area contributed by atoms with Gasteiger partial charge in [-0.3, -0.25) is 9.80 Å². The van der Waals surface area contributed by atoms with Gasteiger partial charge in [0.05, 0.1) is 12.2 Å². The summed E-state index contributed by atoms with van der Waals surface area (Å²) in [4.78, 5) is 11.5. The number of hydrogen-bond donors (Lipinski definition) is 1. The summed E-state index contributed by atoms with van der Waals surface area (Å²) in [6.45, 7) is 10.3. The van der Waals surface area contributed by atoms with Crippen molar-refractivity contribution in [1.82, 2.24) is 20.1 Å². The van der Waals surface area contributed by atoms with Gasteiger partial charge in [0.15, 0.2) is 0 Å². The van der Waals surface area contributed by atoms with Crippen LogP contribution in [0.1, 0.15) is 42.3 Å². The Hall–Kier alpha value is -0.490. The van der Waals surface area contributed by atoms with Gasteiger partial charge in [-0.2, -0.15) is 0 Å². The molecule has 0 amide bonds. The second-order valence-electron chi connectivity index (χ2n) is 6.65. The highest BCUT2D eigenvalue weighted by Gasteiger charge is 2.24.